The molecule has 0 fully saturated rings. The first-order valence-corrected chi connectivity index (χ1v) is 12.1. The van der Waals surface area contributed by atoms with Gasteiger partial charge in [-0.1, -0.05) is 42.5 Å². The third-order valence-corrected chi connectivity index (χ3v) is 6.56. The summed E-state index contributed by atoms with van der Waals surface area (Å²) in [5.74, 6) is -0.661. The van der Waals surface area contributed by atoms with Crippen molar-refractivity contribution in [2.24, 2.45) is 0 Å². The Morgan fingerprint density at radius 3 is 2.38 bits per heavy atom. The monoisotopic (exact) mass is 535 g/mol. The van der Waals surface area contributed by atoms with Crippen molar-refractivity contribution in [3.8, 4) is 16.8 Å². The summed E-state index contributed by atoms with van der Waals surface area (Å²) in [6.45, 7) is 0.778. The number of benzene rings is 3. The normalized spacial score (nSPS) is 13.6. The molecule has 0 N–H and O–H groups in total. The van der Waals surface area contributed by atoms with Gasteiger partial charge in [-0.2, -0.15) is 18.3 Å². The number of alkyl halides is 3. The number of rotatable bonds is 6. The number of nitrogens with zero attached hydrogens (tertiary/aromatic N) is 5. The lowest BCUT2D eigenvalue weighted by atomic mass is 9.98. The minimum absolute atomic E-state index is 0.000929. The molecule has 0 spiro atoms. The number of fused-ring (bicyclic) bond motifs is 1. The lowest BCUT2D eigenvalue weighted by Crippen LogP contribution is -2.39. The van der Waals surface area contributed by atoms with Crippen molar-refractivity contribution in [2.75, 3.05) is 25.5 Å². The second-order valence-electron chi connectivity index (χ2n) is 9.51. The van der Waals surface area contributed by atoms with Gasteiger partial charge in [0.15, 0.2) is 5.69 Å². The number of halogens is 3. The Morgan fingerprint density at radius 2 is 1.72 bits per heavy atom. The molecule has 1 aromatic heterocycles. The zero-order valence-corrected chi connectivity index (χ0v) is 21.1. The molecule has 5 rings (SSSR count). The van der Waals surface area contributed by atoms with E-state index in [1.54, 1.807) is 12.1 Å². The molecule has 11 heteroatoms. The maximum atomic E-state index is 13.9. The fourth-order valence-electron chi connectivity index (χ4n) is 4.86. The molecule has 2 heterocycles. The molecule has 200 valence electrons. The minimum atomic E-state index is -4.79. The van der Waals surface area contributed by atoms with Crippen molar-refractivity contribution in [1.82, 2.24) is 14.7 Å². The smallest absolute Gasteiger partial charge is 0.307 e. The fraction of sp³-hybridized carbons (Fsp3) is 0.214. The van der Waals surface area contributed by atoms with Gasteiger partial charge in [-0.05, 0) is 55.4 Å². The van der Waals surface area contributed by atoms with E-state index in [1.165, 1.54) is 23.1 Å². The van der Waals surface area contributed by atoms with E-state index < -0.39 is 22.7 Å². The molecular weight excluding hydrogens is 511 g/mol. The lowest BCUT2D eigenvalue weighted by Gasteiger charge is -2.28. The summed E-state index contributed by atoms with van der Waals surface area (Å²) in [6.07, 6.45) is -4.86. The molecule has 1 aliphatic heterocycles. The molecule has 3 aromatic carbocycles. The number of nitro groups is 1. The van der Waals surface area contributed by atoms with Gasteiger partial charge in [0, 0.05) is 36.5 Å². The highest BCUT2D eigenvalue weighted by molar-refractivity contribution is 6.07. The van der Waals surface area contributed by atoms with Crippen molar-refractivity contribution < 1.29 is 22.9 Å². The van der Waals surface area contributed by atoms with Crippen LogP contribution in [-0.4, -0.2) is 46.2 Å². The molecule has 0 saturated heterocycles. The van der Waals surface area contributed by atoms with Crippen LogP contribution in [0.4, 0.5) is 24.5 Å². The number of carbonyl (C=O) groups is 1. The van der Waals surface area contributed by atoms with E-state index in [0.717, 1.165) is 34.0 Å². The van der Waals surface area contributed by atoms with Gasteiger partial charge in [-0.15, -0.1) is 0 Å². The molecule has 1 amide bonds. The van der Waals surface area contributed by atoms with Gasteiger partial charge in [0.05, 0.1) is 10.6 Å². The SMILES string of the molecule is CN(C)Cc1ccccc1-c1ccc(N2CCc3c(C(F)(F)F)nn(-c4cccc([N+](=O)[O-])c4)c3C2=O)cc1. The van der Waals surface area contributed by atoms with Crippen LogP contribution >= 0.6 is 0 Å². The summed E-state index contributed by atoms with van der Waals surface area (Å²) >= 11 is 0. The van der Waals surface area contributed by atoms with E-state index >= 15 is 0 Å². The van der Waals surface area contributed by atoms with Crippen LogP contribution in [0.5, 0.6) is 0 Å². The number of anilines is 1. The first kappa shape index (κ1) is 26.1. The molecule has 0 aliphatic carbocycles. The van der Waals surface area contributed by atoms with Crippen molar-refractivity contribution in [3.63, 3.8) is 0 Å². The summed E-state index contributed by atoms with van der Waals surface area (Å²) in [7, 11) is 3.97. The number of hydrogen-bond acceptors (Lipinski definition) is 5. The molecule has 0 unspecified atom stereocenters. The van der Waals surface area contributed by atoms with Gasteiger partial charge < -0.3 is 9.80 Å². The first-order chi connectivity index (χ1) is 18.5. The van der Waals surface area contributed by atoms with Gasteiger partial charge in [-0.3, -0.25) is 14.9 Å². The summed E-state index contributed by atoms with van der Waals surface area (Å²) in [6, 6.07) is 20.3. The van der Waals surface area contributed by atoms with Crippen LogP contribution in [0.2, 0.25) is 0 Å². The van der Waals surface area contributed by atoms with Crippen LogP contribution < -0.4 is 4.90 Å². The Hall–Kier alpha value is -4.51. The second-order valence-corrected chi connectivity index (χ2v) is 9.51. The number of aromatic nitrogens is 2. The maximum Gasteiger partial charge on any atom is 0.435 e. The fourth-order valence-corrected chi connectivity index (χ4v) is 4.86. The van der Waals surface area contributed by atoms with E-state index in [1.807, 2.05) is 50.5 Å². The lowest BCUT2D eigenvalue weighted by molar-refractivity contribution is -0.384. The van der Waals surface area contributed by atoms with Gasteiger partial charge in [0.25, 0.3) is 11.6 Å². The molecular formula is C28H24F3N5O3. The molecule has 0 atom stereocenters. The van der Waals surface area contributed by atoms with Gasteiger partial charge in [0.1, 0.15) is 5.69 Å². The average Bonchev–Trinajstić information content (AvgIpc) is 3.31. The van der Waals surface area contributed by atoms with Crippen LogP contribution in [0.15, 0.2) is 72.8 Å². The van der Waals surface area contributed by atoms with Crippen LogP contribution in [-0.2, 0) is 19.1 Å². The zero-order valence-electron chi connectivity index (χ0n) is 21.1. The van der Waals surface area contributed by atoms with Crippen molar-refractivity contribution in [1.29, 1.82) is 0 Å². The predicted octanol–water partition coefficient (Wildman–Crippen LogP) is 5.73. The largest absolute Gasteiger partial charge is 0.435 e. The molecule has 0 bridgehead atoms. The number of amides is 1. The van der Waals surface area contributed by atoms with Crippen LogP contribution in [0.25, 0.3) is 16.8 Å². The van der Waals surface area contributed by atoms with Crippen LogP contribution in [0.1, 0.15) is 27.3 Å². The molecule has 8 nitrogen and oxygen atoms in total. The van der Waals surface area contributed by atoms with Crippen LogP contribution in [0, 0.1) is 10.1 Å². The van der Waals surface area contributed by atoms with Gasteiger partial charge >= 0.3 is 6.18 Å². The highest BCUT2D eigenvalue weighted by Crippen LogP contribution is 2.37. The van der Waals surface area contributed by atoms with E-state index in [2.05, 4.69) is 10.00 Å². The molecule has 39 heavy (non-hydrogen) atoms. The molecule has 4 aromatic rings. The summed E-state index contributed by atoms with van der Waals surface area (Å²) in [5.41, 5.74) is 1.69. The highest BCUT2D eigenvalue weighted by atomic mass is 19.4. The van der Waals surface area contributed by atoms with Crippen LogP contribution in [0.3, 0.4) is 0 Å². The third-order valence-electron chi connectivity index (χ3n) is 6.56. The van der Waals surface area contributed by atoms with E-state index in [0.29, 0.717) is 5.69 Å². The summed E-state index contributed by atoms with van der Waals surface area (Å²) in [5, 5.41) is 15.0. The molecule has 0 radical (unpaired) electrons. The van der Waals surface area contributed by atoms with E-state index in [9.17, 15) is 28.1 Å². The highest BCUT2D eigenvalue weighted by Gasteiger charge is 2.43. The Balaban J connectivity index is 1.53. The van der Waals surface area contributed by atoms with E-state index in [4.69, 9.17) is 0 Å². The standard InChI is InChI=1S/C28H24F3N5O3/c1-33(2)17-19-6-3-4-9-23(19)18-10-12-20(13-11-18)34-15-14-24-25(27(34)37)35(32-26(24)28(29,30)31)21-7-5-8-22(16-21)36(38)39/h3-13,16H,14-15,17H2,1-2H3. The number of hydrogen-bond donors (Lipinski definition) is 0. The minimum Gasteiger partial charge on any atom is -0.307 e. The number of nitro benzene ring substituents is 1. The molecule has 1 aliphatic rings. The maximum absolute atomic E-state index is 13.9. The Kier molecular flexibility index (Phi) is 6.69. The topological polar surface area (TPSA) is 84.5 Å². The first-order valence-electron chi connectivity index (χ1n) is 12.1. The van der Waals surface area contributed by atoms with Crippen molar-refractivity contribution >= 4 is 17.3 Å². The molecule has 0 saturated carbocycles. The zero-order chi connectivity index (χ0) is 27.9. The van der Waals surface area contributed by atoms with Gasteiger partial charge in [0.2, 0.25) is 0 Å². The third kappa shape index (κ3) is 5.00. The quantitative estimate of drug-likeness (QED) is 0.233. The Labute approximate surface area is 222 Å². The van der Waals surface area contributed by atoms with Crippen molar-refractivity contribution in [2.45, 2.75) is 19.1 Å². The number of carbonyl (C=O) groups excluding carboxylic acids is 1. The number of non-ortho nitro benzene ring substituents is 1. The predicted molar refractivity (Wildman–Crippen MR) is 140 cm³/mol. The summed E-state index contributed by atoms with van der Waals surface area (Å²) in [4.78, 5) is 27.7. The van der Waals surface area contributed by atoms with Gasteiger partial charge in [-0.25, -0.2) is 4.68 Å². The van der Waals surface area contributed by atoms with E-state index in [-0.39, 0.29) is 35.6 Å². The summed E-state index contributed by atoms with van der Waals surface area (Å²) < 4.78 is 42.5. The Morgan fingerprint density at radius 1 is 1.00 bits per heavy atom. The Bertz CT molecular complexity index is 1560. The van der Waals surface area contributed by atoms with Crippen molar-refractivity contribution in [3.05, 3.63) is 105 Å². The second kappa shape index (κ2) is 9.99. The average molecular weight is 536 g/mol.